The molecule has 1 aromatic heterocycles. The summed E-state index contributed by atoms with van der Waals surface area (Å²) in [5, 5.41) is 3.97. The van der Waals surface area contributed by atoms with Crippen molar-refractivity contribution < 1.29 is 23.6 Å². The molecule has 2 aliphatic rings. The van der Waals surface area contributed by atoms with Crippen molar-refractivity contribution in [2.45, 2.75) is 46.1 Å². The third kappa shape index (κ3) is 5.30. The van der Waals surface area contributed by atoms with Crippen LogP contribution in [0.1, 0.15) is 41.0 Å². The average molecular weight is 442 g/mol. The van der Waals surface area contributed by atoms with E-state index in [1.54, 1.807) is 0 Å². The Bertz CT molecular complexity index is 945. The van der Waals surface area contributed by atoms with Gasteiger partial charge in [0.25, 0.3) is 0 Å². The largest absolute Gasteiger partial charge is 0.491 e. The zero-order valence-corrected chi connectivity index (χ0v) is 18.9. The second-order valence-corrected chi connectivity index (χ2v) is 8.40. The summed E-state index contributed by atoms with van der Waals surface area (Å²) >= 11 is 0. The van der Waals surface area contributed by atoms with E-state index in [0.717, 1.165) is 33.9 Å². The van der Waals surface area contributed by atoms with Crippen LogP contribution in [-0.4, -0.2) is 66.2 Å². The fourth-order valence-electron chi connectivity index (χ4n) is 4.29. The second kappa shape index (κ2) is 10.2. The standard InChI is InChI=1S/C24H31N3O5/c1-17-21(18(2)32-25-17)5-8-24(29)27-11-14-31-22-6-3-19(15-20(22)16-27)4-7-23(28)26-9-12-30-13-10-26/h3,6,15H,4-5,7-14,16H2,1-2H3. The zero-order valence-electron chi connectivity index (χ0n) is 18.9. The van der Waals surface area contributed by atoms with Crippen molar-refractivity contribution in [3.05, 3.63) is 46.3 Å². The van der Waals surface area contributed by atoms with Crippen LogP contribution in [0.25, 0.3) is 0 Å². The molecule has 8 heteroatoms. The van der Waals surface area contributed by atoms with Gasteiger partial charge in [-0.25, -0.2) is 0 Å². The fraction of sp³-hybridized carbons (Fsp3) is 0.542. The van der Waals surface area contributed by atoms with Crippen LogP contribution in [0.5, 0.6) is 5.75 Å². The Morgan fingerprint density at radius 3 is 2.44 bits per heavy atom. The SMILES string of the molecule is Cc1noc(C)c1CCC(=O)N1CCOc2ccc(CCC(=O)N3CCOCC3)cc2C1. The molecule has 172 valence electrons. The highest BCUT2D eigenvalue weighted by Gasteiger charge is 2.22. The summed E-state index contributed by atoms with van der Waals surface area (Å²) in [6.45, 7) is 7.88. The van der Waals surface area contributed by atoms with E-state index < -0.39 is 0 Å². The number of fused-ring (bicyclic) bond motifs is 1. The molecule has 0 N–H and O–H groups in total. The van der Waals surface area contributed by atoms with Crippen LogP contribution in [0, 0.1) is 13.8 Å². The summed E-state index contributed by atoms with van der Waals surface area (Å²) < 4.78 is 16.4. The van der Waals surface area contributed by atoms with Gasteiger partial charge in [0.1, 0.15) is 18.1 Å². The van der Waals surface area contributed by atoms with E-state index in [9.17, 15) is 9.59 Å². The first kappa shape index (κ1) is 22.3. The lowest BCUT2D eigenvalue weighted by molar-refractivity contribution is -0.135. The van der Waals surface area contributed by atoms with Crippen molar-refractivity contribution in [1.82, 2.24) is 15.0 Å². The van der Waals surface area contributed by atoms with Crippen LogP contribution in [0.2, 0.25) is 0 Å². The van der Waals surface area contributed by atoms with Gasteiger partial charge in [-0.2, -0.15) is 0 Å². The van der Waals surface area contributed by atoms with Crippen molar-refractivity contribution >= 4 is 11.8 Å². The first-order valence-corrected chi connectivity index (χ1v) is 11.3. The Balaban J connectivity index is 1.36. The molecule has 2 aliphatic heterocycles. The van der Waals surface area contributed by atoms with Crippen molar-refractivity contribution in [2.24, 2.45) is 0 Å². The highest BCUT2D eigenvalue weighted by Crippen LogP contribution is 2.26. The van der Waals surface area contributed by atoms with Crippen LogP contribution < -0.4 is 4.74 Å². The van der Waals surface area contributed by atoms with Crippen LogP contribution in [0.15, 0.2) is 22.7 Å². The summed E-state index contributed by atoms with van der Waals surface area (Å²) in [6, 6.07) is 6.05. The number of hydrogen-bond donors (Lipinski definition) is 0. The lowest BCUT2D eigenvalue weighted by Crippen LogP contribution is -2.40. The van der Waals surface area contributed by atoms with Crippen LogP contribution in [-0.2, 0) is 33.7 Å². The molecule has 0 aliphatic carbocycles. The van der Waals surface area contributed by atoms with E-state index in [0.29, 0.717) is 71.7 Å². The molecular formula is C24H31N3O5. The number of carbonyl (C=O) groups is 2. The number of ether oxygens (including phenoxy) is 2. The molecule has 0 spiro atoms. The minimum atomic E-state index is 0.0920. The molecule has 32 heavy (non-hydrogen) atoms. The summed E-state index contributed by atoms with van der Waals surface area (Å²) in [5.41, 5.74) is 3.93. The van der Waals surface area contributed by atoms with Crippen molar-refractivity contribution in [3.8, 4) is 5.75 Å². The first-order valence-electron chi connectivity index (χ1n) is 11.3. The van der Waals surface area contributed by atoms with Gasteiger partial charge in [0.2, 0.25) is 11.8 Å². The number of carbonyl (C=O) groups excluding carboxylic acids is 2. The molecule has 8 nitrogen and oxygen atoms in total. The highest BCUT2D eigenvalue weighted by molar-refractivity contribution is 5.77. The smallest absolute Gasteiger partial charge is 0.223 e. The molecule has 1 fully saturated rings. The summed E-state index contributed by atoms with van der Waals surface area (Å²) in [4.78, 5) is 29.1. The van der Waals surface area contributed by atoms with Gasteiger partial charge in [-0.15, -0.1) is 0 Å². The molecule has 1 saturated heterocycles. The Hall–Kier alpha value is -2.87. The summed E-state index contributed by atoms with van der Waals surface area (Å²) in [6.07, 6.45) is 2.17. The molecule has 0 unspecified atom stereocenters. The topological polar surface area (TPSA) is 85.1 Å². The zero-order chi connectivity index (χ0) is 22.5. The van der Waals surface area contributed by atoms with E-state index in [1.807, 2.05) is 35.8 Å². The Morgan fingerprint density at radius 1 is 0.969 bits per heavy atom. The van der Waals surface area contributed by atoms with E-state index in [1.165, 1.54) is 0 Å². The minimum absolute atomic E-state index is 0.0920. The third-order valence-electron chi connectivity index (χ3n) is 6.22. The van der Waals surface area contributed by atoms with E-state index >= 15 is 0 Å². The molecule has 4 rings (SSSR count). The Kier molecular flexibility index (Phi) is 7.09. The molecule has 0 bridgehead atoms. The van der Waals surface area contributed by atoms with Gasteiger partial charge in [-0.3, -0.25) is 9.59 Å². The van der Waals surface area contributed by atoms with Gasteiger partial charge < -0.3 is 23.8 Å². The number of aryl methyl sites for hydroxylation is 3. The number of benzene rings is 1. The maximum atomic E-state index is 12.9. The molecule has 0 saturated carbocycles. The van der Waals surface area contributed by atoms with Crippen LogP contribution >= 0.6 is 0 Å². The van der Waals surface area contributed by atoms with Crippen molar-refractivity contribution in [2.75, 3.05) is 39.5 Å². The van der Waals surface area contributed by atoms with Gasteiger partial charge in [0.15, 0.2) is 0 Å². The number of morpholine rings is 1. The Morgan fingerprint density at radius 2 is 1.69 bits per heavy atom. The van der Waals surface area contributed by atoms with Gasteiger partial charge >= 0.3 is 0 Å². The monoisotopic (exact) mass is 441 g/mol. The normalized spacial score (nSPS) is 16.3. The molecule has 2 amide bonds. The van der Waals surface area contributed by atoms with Gasteiger partial charge in [-0.1, -0.05) is 17.3 Å². The quantitative estimate of drug-likeness (QED) is 0.685. The molecule has 1 aromatic carbocycles. The number of rotatable bonds is 6. The van der Waals surface area contributed by atoms with E-state index in [2.05, 4.69) is 11.2 Å². The van der Waals surface area contributed by atoms with E-state index in [-0.39, 0.29) is 11.8 Å². The van der Waals surface area contributed by atoms with Gasteiger partial charge in [0, 0.05) is 43.6 Å². The summed E-state index contributed by atoms with van der Waals surface area (Å²) in [5.74, 6) is 1.84. The van der Waals surface area contributed by atoms with Crippen LogP contribution in [0.4, 0.5) is 0 Å². The number of amides is 2. The Labute approximate surface area is 188 Å². The summed E-state index contributed by atoms with van der Waals surface area (Å²) in [7, 11) is 0. The number of hydrogen-bond acceptors (Lipinski definition) is 6. The van der Waals surface area contributed by atoms with Crippen LogP contribution in [0.3, 0.4) is 0 Å². The lowest BCUT2D eigenvalue weighted by Gasteiger charge is -2.26. The highest BCUT2D eigenvalue weighted by atomic mass is 16.5. The molecule has 0 radical (unpaired) electrons. The number of nitrogens with zero attached hydrogens (tertiary/aromatic N) is 3. The molecule has 3 heterocycles. The molecule has 2 aromatic rings. The predicted molar refractivity (Wildman–Crippen MR) is 117 cm³/mol. The second-order valence-electron chi connectivity index (χ2n) is 8.40. The van der Waals surface area contributed by atoms with Crippen molar-refractivity contribution in [1.29, 1.82) is 0 Å². The van der Waals surface area contributed by atoms with Gasteiger partial charge in [0.05, 0.1) is 25.5 Å². The van der Waals surface area contributed by atoms with E-state index in [4.69, 9.17) is 14.0 Å². The average Bonchev–Trinajstić information content (AvgIpc) is 3.00. The lowest BCUT2D eigenvalue weighted by atomic mass is 10.0. The number of aromatic nitrogens is 1. The predicted octanol–water partition coefficient (Wildman–Crippen LogP) is 2.44. The minimum Gasteiger partial charge on any atom is -0.491 e. The van der Waals surface area contributed by atoms with Crippen molar-refractivity contribution in [3.63, 3.8) is 0 Å². The fourth-order valence-corrected chi connectivity index (χ4v) is 4.29. The van der Waals surface area contributed by atoms with Gasteiger partial charge in [-0.05, 0) is 38.3 Å². The third-order valence-corrected chi connectivity index (χ3v) is 6.22. The molecular weight excluding hydrogens is 410 g/mol. The maximum absolute atomic E-state index is 12.9. The molecule has 0 atom stereocenters. The maximum Gasteiger partial charge on any atom is 0.223 e. The first-order chi connectivity index (χ1) is 15.5.